The van der Waals surface area contributed by atoms with Crippen LogP contribution in [-0.4, -0.2) is 16.0 Å². The van der Waals surface area contributed by atoms with Crippen LogP contribution in [0, 0.1) is 18.3 Å². The molecule has 0 unspecified atom stereocenters. The zero-order valence-corrected chi connectivity index (χ0v) is 9.56. The molecule has 0 saturated heterocycles. The van der Waals surface area contributed by atoms with Gasteiger partial charge in [0.1, 0.15) is 0 Å². The highest BCUT2D eigenvalue weighted by molar-refractivity contribution is 7.99. The summed E-state index contributed by atoms with van der Waals surface area (Å²) in [5.41, 5.74) is 1.13. The molecule has 0 spiro atoms. The maximum atomic E-state index is 8.40. The fourth-order valence-corrected chi connectivity index (χ4v) is 2.32. The topological polar surface area (TPSA) is 62.7 Å². The zero-order chi connectivity index (χ0) is 10.7. The number of nitrogens with zero attached hydrogens (tertiary/aromatic N) is 3. The number of aryl methyl sites for hydroxylation is 1. The molecule has 6 heteroatoms. The van der Waals surface area contributed by atoms with Crippen LogP contribution in [0.3, 0.4) is 0 Å². The molecule has 0 atom stereocenters. The quantitative estimate of drug-likeness (QED) is 0.768. The van der Waals surface area contributed by atoms with E-state index in [0.29, 0.717) is 16.9 Å². The molecule has 0 bridgehead atoms. The molecular formula is C9H7N3OS2. The molecule has 0 fully saturated rings. The predicted molar refractivity (Wildman–Crippen MR) is 58.7 cm³/mol. The molecule has 0 radical (unpaired) electrons. The van der Waals surface area contributed by atoms with E-state index in [1.807, 2.05) is 24.4 Å². The van der Waals surface area contributed by atoms with Gasteiger partial charge in [0, 0.05) is 0 Å². The minimum atomic E-state index is 0.324. The van der Waals surface area contributed by atoms with E-state index >= 15 is 0 Å². The molecule has 0 aliphatic carbocycles. The van der Waals surface area contributed by atoms with Gasteiger partial charge >= 0.3 is 0 Å². The predicted octanol–water partition coefficient (Wildman–Crippen LogP) is 2.72. The lowest BCUT2D eigenvalue weighted by molar-refractivity contribution is 0.467. The van der Waals surface area contributed by atoms with Crippen LogP contribution in [-0.2, 0) is 0 Å². The maximum Gasteiger partial charge on any atom is 0.277 e. The average molecular weight is 237 g/mol. The summed E-state index contributed by atoms with van der Waals surface area (Å²) in [4.78, 5) is 0.992. The van der Waals surface area contributed by atoms with Gasteiger partial charge in [-0.25, -0.2) is 0 Å². The Labute approximate surface area is 94.9 Å². The van der Waals surface area contributed by atoms with E-state index in [-0.39, 0.29) is 0 Å². The standard InChI is InChI=1S/C9H7N3OS2/c1-6-2-4-14-7(6)8-11-12-9(13-8)15-5-3-10/h2,4H,5H2,1H3. The van der Waals surface area contributed by atoms with Crippen molar-refractivity contribution in [3.63, 3.8) is 0 Å². The molecule has 2 aromatic heterocycles. The van der Waals surface area contributed by atoms with Crippen LogP contribution in [0.2, 0.25) is 0 Å². The van der Waals surface area contributed by atoms with Crippen molar-refractivity contribution in [2.45, 2.75) is 12.1 Å². The number of rotatable bonds is 3. The van der Waals surface area contributed by atoms with Gasteiger partial charge in [-0.05, 0) is 23.9 Å². The van der Waals surface area contributed by atoms with Crippen molar-refractivity contribution in [1.29, 1.82) is 5.26 Å². The Kier molecular flexibility index (Phi) is 3.04. The Morgan fingerprint density at radius 3 is 3.13 bits per heavy atom. The number of thiophene rings is 1. The van der Waals surface area contributed by atoms with Crippen LogP contribution in [0.1, 0.15) is 5.56 Å². The van der Waals surface area contributed by atoms with Crippen molar-refractivity contribution in [3.05, 3.63) is 17.0 Å². The monoisotopic (exact) mass is 237 g/mol. The molecule has 4 nitrogen and oxygen atoms in total. The summed E-state index contributed by atoms with van der Waals surface area (Å²) in [6, 6.07) is 4.02. The van der Waals surface area contributed by atoms with E-state index in [9.17, 15) is 0 Å². The summed E-state index contributed by atoms with van der Waals surface area (Å²) in [6.07, 6.45) is 0. The molecule has 0 amide bonds. The first-order valence-electron chi connectivity index (χ1n) is 4.19. The van der Waals surface area contributed by atoms with Crippen molar-refractivity contribution in [2.24, 2.45) is 0 Å². The number of hydrogen-bond acceptors (Lipinski definition) is 6. The summed E-state index contributed by atoms with van der Waals surface area (Å²) in [7, 11) is 0. The Morgan fingerprint density at radius 2 is 2.47 bits per heavy atom. The molecule has 0 saturated carbocycles. The van der Waals surface area contributed by atoms with Crippen molar-refractivity contribution in [3.8, 4) is 16.8 Å². The lowest BCUT2D eigenvalue weighted by atomic mass is 10.3. The molecule has 0 N–H and O–H groups in total. The fourth-order valence-electron chi connectivity index (χ4n) is 1.05. The third-order valence-corrected chi connectivity index (χ3v) is 3.41. The Bertz CT molecular complexity index is 497. The first-order chi connectivity index (χ1) is 7.31. The van der Waals surface area contributed by atoms with E-state index in [2.05, 4.69) is 10.2 Å². The van der Waals surface area contributed by atoms with Gasteiger partial charge in [-0.2, -0.15) is 5.26 Å². The highest BCUT2D eigenvalue weighted by Gasteiger charge is 2.11. The van der Waals surface area contributed by atoms with E-state index < -0.39 is 0 Å². The summed E-state index contributed by atoms with van der Waals surface area (Å²) in [6.45, 7) is 2.00. The van der Waals surface area contributed by atoms with Gasteiger partial charge < -0.3 is 4.42 Å². The highest BCUT2D eigenvalue weighted by Crippen LogP contribution is 2.29. The molecule has 15 heavy (non-hydrogen) atoms. The summed E-state index contributed by atoms with van der Waals surface area (Å²) >= 11 is 2.82. The van der Waals surface area contributed by atoms with Gasteiger partial charge in [0.15, 0.2) is 0 Å². The third kappa shape index (κ3) is 2.19. The van der Waals surface area contributed by atoms with Crippen molar-refractivity contribution >= 4 is 23.1 Å². The second kappa shape index (κ2) is 4.47. The van der Waals surface area contributed by atoms with Crippen LogP contribution < -0.4 is 0 Å². The van der Waals surface area contributed by atoms with Crippen LogP contribution in [0.5, 0.6) is 0 Å². The van der Waals surface area contributed by atoms with Crippen molar-refractivity contribution in [2.75, 3.05) is 5.75 Å². The van der Waals surface area contributed by atoms with E-state index in [1.54, 1.807) is 11.3 Å². The van der Waals surface area contributed by atoms with E-state index in [1.165, 1.54) is 11.8 Å². The van der Waals surface area contributed by atoms with Crippen LogP contribution >= 0.6 is 23.1 Å². The average Bonchev–Trinajstić information content (AvgIpc) is 2.83. The normalized spacial score (nSPS) is 10.1. The number of hydrogen-bond donors (Lipinski definition) is 0. The van der Waals surface area contributed by atoms with Gasteiger partial charge in [0.05, 0.1) is 16.7 Å². The van der Waals surface area contributed by atoms with Crippen LogP contribution in [0.25, 0.3) is 10.8 Å². The Hall–Kier alpha value is -1.32. The highest BCUT2D eigenvalue weighted by atomic mass is 32.2. The molecule has 76 valence electrons. The lowest BCUT2D eigenvalue weighted by Crippen LogP contribution is -1.75. The summed E-state index contributed by atoms with van der Waals surface area (Å²) < 4.78 is 5.41. The molecule has 2 rings (SSSR count). The Morgan fingerprint density at radius 1 is 1.60 bits per heavy atom. The molecule has 0 aliphatic heterocycles. The minimum absolute atomic E-state index is 0.324. The van der Waals surface area contributed by atoms with E-state index in [4.69, 9.17) is 9.68 Å². The second-order valence-electron chi connectivity index (χ2n) is 2.75. The zero-order valence-electron chi connectivity index (χ0n) is 7.93. The van der Waals surface area contributed by atoms with Crippen molar-refractivity contribution in [1.82, 2.24) is 10.2 Å². The van der Waals surface area contributed by atoms with Gasteiger partial charge in [-0.1, -0.05) is 11.8 Å². The van der Waals surface area contributed by atoms with E-state index in [0.717, 1.165) is 10.4 Å². The maximum absolute atomic E-state index is 8.40. The van der Waals surface area contributed by atoms with Gasteiger partial charge in [0.25, 0.3) is 11.1 Å². The molecule has 2 heterocycles. The first-order valence-corrected chi connectivity index (χ1v) is 6.05. The van der Waals surface area contributed by atoms with Gasteiger partial charge in [-0.15, -0.1) is 21.5 Å². The minimum Gasteiger partial charge on any atom is -0.410 e. The Balaban J connectivity index is 2.21. The smallest absolute Gasteiger partial charge is 0.277 e. The molecular weight excluding hydrogens is 230 g/mol. The number of thioether (sulfide) groups is 1. The van der Waals surface area contributed by atoms with Gasteiger partial charge in [0.2, 0.25) is 0 Å². The summed E-state index contributed by atoms with van der Waals surface area (Å²) in [5, 5.41) is 18.6. The lowest BCUT2D eigenvalue weighted by Gasteiger charge is -1.89. The first kappa shape index (κ1) is 10.2. The fraction of sp³-hybridized carbons (Fsp3) is 0.222. The largest absolute Gasteiger partial charge is 0.410 e. The SMILES string of the molecule is Cc1ccsc1-c1nnc(SCC#N)o1. The third-order valence-electron chi connectivity index (χ3n) is 1.72. The van der Waals surface area contributed by atoms with Crippen molar-refractivity contribution < 1.29 is 4.42 Å². The number of aromatic nitrogens is 2. The molecule has 0 aromatic carbocycles. The summed E-state index contributed by atoms with van der Waals surface area (Å²) in [5.74, 6) is 0.855. The molecule has 2 aromatic rings. The number of nitriles is 1. The van der Waals surface area contributed by atoms with Crippen LogP contribution in [0.15, 0.2) is 21.1 Å². The molecule has 0 aliphatic rings. The second-order valence-corrected chi connectivity index (χ2v) is 4.60. The van der Waals surface area contributed by atoms with Crippen LogP contribution in [0.4, 0.5) is 0 Å². The van der Waals surface area contributed by atoms with Gasteiger partial charge in [-0.3, -0.25) is 0 Å².